The molecular formula is C9H23NO2. The number of aliphatic hydroxyl groups excluding tert-OH is 1. The van der Waals surface area contributed by atoms with Crippen molar-refractivity contribution in [3.05, 3.63) is 0 Å². The normalized spacial score (nSPS) is 5.67. The van der Waals surface area contributed by atoms with E-state index in [1.54, 1.807) is 6.07 Å². The summed E-state index contributed by atoms with van der Waals surface area (Å²) in [6.45, 7) is 5.89. The van der Waals surface area contributed by atoms with E-state index in [1.165, 1.54) is 32.6 Å². The van der Waals surface area contributed by atoms with Gasteiger partial charge in [-0.3, -0.25) is 0 Å². The Kier molecular flexibility index (Phi) is 88.9. The van der Waals surface area contributed by atoms with E-state index < -0.39 is 0 Å². The SMILES string of the molecule is CC#N.CCCCCC.CO.O. The van der Waals surface area contributed by atoms with Gasteiger partial charge in [-0.25, -0.2) is 0 Å². The fourth-order valence-corrected chi connectivity index (χ4v) is 0.500. The minimum atomic E-state index is 0. The Hall–Kier alpha value is -0.590. The third-order valence-corrected chi connectivity index (χ3v) is 0.957. The van der Waals surface area contributed by atoms with Crippen LogP contribution in [-0.2, 0) is 0 Å². The molecule has 0 radical (unpaired) electrons. The molecule has 0 rings (SSSR count). The third kappa shape index (κ3) is 115. The Bertz CT molecular complexity index is 65.4. The topological polar surface area (TPSA) is 75.5 Å². The summed E-state index contributed by atoms with van der Waals surface area (Å²) in [5.41, 5.74) is 0. The Labute approximate surface area is 76.3 Å². The molecule has 0 atom stereocenters. The summed E-state index contributed by atoms with van der Waals surface area (Å²) in [6.07, 6.45) is 5.54. The summed E-state index contributed by atoms with van der Waals surface area (Å²) >= 11 is 0. The van der Waals surface area contributed by atoms with Crippen molar-refractivity contribution < 1.29 is 10.6 Å². The average molecular weight is 177 g/mol. The number of hydrogen-bond acceptors (Lipinski definition) is 2. The third-order valence-electron chi connectivity index (χ3n) is 0.957. The fraction of sp³-hybridized carbons (Fsp3) is 0.889. The first-order chi connectivity index (χ1) is 5.33. The molecule has 0 saturated carbocycles. The molecule has 0 aromatic heterocycles. The van der Waals surface area contributed by atoms with E-state index in [0.717, 1.165) is 7.11 Å². The van der Waals surface area contributed by atoms with Crippen LogP contribution in [0.15, 0.2) is 0 Å². The van der Waals surface area contributed by atoms with Gasteiger partial charge in [-0.05, 0) is 0 Å². The first-order valence-electron chi connectivity index (χ1n) is 4.09. The monoisotopic (exact) mass is 177 g/mol. The van der Waals surface area contributed by atoms with Crippen molar-refractivity contribution in [3.63, 3.8) is 0 Å². The molecule has 0 aromatic rings. The van der Waals surface area contributed by atoms with Crippen molar-refractivity contribution >= 4 is 0 Å². The van der Waals surface area contributed by atoms with E-state index in [-0.39, 0.29) is 5.48 Å². The Morgan fingerprint density at radius 1 is 1.08 bits per heavy atom. The number of unbranched alkanes of at least 4 members (excludes halogenated alkanes) is 3. The number of nitriles is 1. The molecule has 3 N–H and O–H groups in total. The highest BCUT2D eigenvalue weighted by Gasteiger charge is 1.75. The maximum atomic E-state index is 7.32. The quantitative estimate of drug-likeness (QED) is 0.668. The van der Waals surface area contributed by atoms with Gasteiger partial charge < -0.3 is 10.6 Å². The van der Waals surface area contributed by atoms with Gasteiger partial charge in [0, 0.05) is 14.0 Å². The van der Waals surface area contributed by atoms with Gasteiger partial charge in [0.05, 0.1) is 6.07 Å². The maximum Gasteiger partial charge on any atom is 0.0587 e. The van der Waals surface area contributed by atoms with Gasteiger partial charge in [-0.15, -0.1) is 0 Å². The molecule has 0 aliphatic carbocycles. The minimum Gasteiger partial charge on any atom is -0.412 e. The minimum absolute atomic E-state index is 0. The Balaban J connectivity index is -0.0000000462. The van der Waals surface area contributed by atoms with Gasteiger partial charge in [0.25, 0.3) is 0 Å². The lowest BCUT2D eigenvalue weighted by Crippen LogP contribution is -1.66. The molecule has 0 aliphatic heterocycles. The van der Waals surface area contributed by atoms with E-state index in [4.69, 9.17) is 10.4 Å². The fourth-order valence-electron chi connectivity index (χ4n) is 0.500. The lowest BCUT2D eigenvalue weighted by Gasteiger charge is -1.86. The van der Waals surface area contributed by atoms with Crippen LogP contribution in [0.3, 0.4) is 0 Å². The van der Waals surface area contributed by atoms with Crippen molar-refractivity contribution in [1.29, 1.82) is 5.26 Å². The highest BCUT2D eigenvalue weighted by atomic mass is 16.2. The summed E-state index contributed by atoms with van der Waals surface area (Å²) in [5, 5.41) is 14.3. The number of hydrogen-bond donors (Lipinski definition) is 1. The summed E-state index contributed by atoms with van der Waals surface area (Å²) in [6, 6.07) is 1.75. The Morgan fingerprint density at radius 3 is 1.33 bits per heavy atom. The molecule has 0 saturated heterocycles. The second-order valence-corrected chi connectivity index (χ2v) is 1.93. The van der Waals surface area contributed by atoms with Crippen LogP contribution in [0.2, 0.25) is 0 Å². The standard InChI is InChI=1S/C6H14.C2H3N.CH4O.H2O/c1-3-5-6-4-2;1-2-3;1-2;/h3-6H2,1-2H3;1H3;2H,1H3;1H2. The van der Waals surface area contributed by atoms with Crippen molar-refractivity contribution in [2.45, 2.75) is 46.5 Å². The molecular weight excluding hydrogens is 154 g/mol. The second-order valence-electron chi connectivity index (χ2n) is 1.93. The zero-order valence-corrected chi connectivity index (χ0v) is 8.72. The molecule has 0 bridgehead atoms. The van der Waals surface area contributed by atoms with Crippen molar-refractivity contribution in [2.75, 3.05) is 7.11 Å². The van der Waals surface area contributed by atoms with E-state index in [9.17, 15) is 0 Å². The summed E-state index contributed by atoms with van der Waals surface area (Å²) in [7, 11) is 1.00. The number of rotatable bonds is 3. The molecule has 3 nitrogen and oxygen atoms in total. The zero-order chi connectivity index (χ0) is 9.54. The van der Waals surface area contributed by atoms with Gasteiger partial charge in [0.2, 0.25) is 0 Å². The van der Waals surface area contributed by atoms with Crippen LogP contribution in [0.1, 0.15) is 46.5 Å². The van der Waals surface area contributed by atoms with Crippen LogP contribution < -0.4 is 0 Å². The van der Waals surface area contributed by atoms with Crippen molar-refractivity contribution in [3.8, 4) is 6.07 Å². The summed E-state index contributed by atoms with van der Waals surface area (Å²) < 4.78 is 0. The molecule has 0 aromatic carbocycles. The summed E-state index contributed by atoms with van der Waals surface area (Å²) in [4.78, 5) is 0. The number of aliphatic hydroxyl groups is 1. The predicted molar refractivity (Wildman–Crippen MR) is 52.9 cm³/mol. The molecule has 0 heterocycles. The Morgan fingerprint density at radius 2 is 1.25 bits per heavy atom. The largest absolute Gasteiger partial charge is 0.412 e. The van der Waals surface area contributed by atoms with Gasteiger partial charge in [0.15, 0.2) is 0 Å². The van der Waals surface area contributed by atoms with E-state index >= 15 is 0 Å². The van der Waals surface area contributed by atoms with E-state index in [2.05, 4.69) is 13.8 Å². The lowest BCUT2D eigenvalue weighted by atomic mass is 10.2. The van der Waals surface area contributed by atoms with Gasteiger partial charge in [-0.1, -0.05) is 39.5 Å². The lowest BCUT2D eigenvalue weighted by molar-refractivity contribution is 0.399. The predicted octanol–water partition coefficient (Wildman–Crippen LogP) is 1.90. The van der Waals surface area contributed by atoms with Crippen LogP contribution in [-0.4, -0.2) is 17.7 Å². The molecule has 0 unspecified atom stereocenters. The average Bonchev–Trinajstić information content (AvgIpc) is 2.06. The zero-order valence-electron chi connectivity index (χ0n) is 8.72. The van der Waals surface area contributed by atoms with Gasteiger partial charge in [0.1, 0.15) is 0 Å². The molecule has 12 heavy (non-hydrogen) atoms. The van der Waals surface area contributed by atoms with Gasteiger partial charge in [-0.2, -0.15) is 5.26 Å². The van der Waals surface area contributed by atoms with Crippen LogP contribution in [0.25, 0.3) is 0 Å². The second kappa shape index (κ2) is 47.4. The summed E-state index contributed by atoms with van der Waals surface area (Å²) in [5.74, 6) is 0. The molecule has 0 aliphatic rings. The van der Waals surface area contributed by atoms with Crippen LogP contribution in [0, 0.1) is 11.3 Å². The van der Waals surface area contributed by atoms with Crippen molar-refractivity contribution in [2.24, 2.45) is 0 Å². The van der Waals surface area contributed by atoms with Gasteiger partial charge >= 0.3 is 0 Å². The maximum absolute atomic E-state index is 7.32. The highest BCUT2D eigenvalue weighted by Crippen LogP contribution is 1.95. The van der Waals surface area contributed by atoms with Crippen LogP contribution in [0.5, 0.6) is 0 Å². The molecule has 76 valence electrons. The first kappa shape index (κ1) is 22.5. The molecule has 3 heteroatoms. The van der Waals surface area contributed by atoms with Crippen LogP contribution >= 0.6 is 0 Å². The molecule has 0 amide bonds. The smallest absolute Gasteiger partial charge is 0.0587 e. The molecule has 0 fully saturated rings. The van der Waals surface area contributed by atoms with Crippen molar-refractivity contribution in [1.82, 2.24) is 0 Å². The van der Waals surface area contributed by atoms with E-state index in [0.29, 0.717) is 0 Å². The van der Waals surface area contributed by atoms with E-state index in [1.807, 2.05) is 0 Å². The highest BCUT2D eigenvalue weighted by molar-refractivity contribution is 4.51. The molecule has 0 spiro atoms. The number of nitrogens with zero attached hydrogens (tertiary/aromatic N) is 1. The first-order valence-corrected chi connectivity index (χ1v) is 4.09. The van der Waals surface area contributed by atoms with Crippen LogP contribution in [0.4, 0.5) is 0 Å².